The number of fused-ring (bicyclic) bond motifs is 1. The van der Waals surface area contributed by atoms with E-state index in [1.807, 2.05) is 26.0 Å². The molecule has 0 spiro atoms. The van der Waals surface area contributed by atoms with Crippen LogP contribution < -0.4 is 10.2 Å². The zero-order chi connectivity index (χ0) is 26.6. The highest BCUT2D eigenvalue weighted by atomic mass is 16.5. The molecule has 0 radical (unpaired) electrons. The van der Waals surface area contributed by atoms with Crippen molar-refractivity contribution in [1.29, 1.82) is 0 Å². The highest BCUT2D eigenvalue weighted by Crippen LogP contribution is 2.30. The Balaban J connectivity index is 1.94. The SMILES string of the molecule is COC(=O)c1ccn2ncc(C(=O)Nc3cc(CN(C)CCC(C)(C)O)c(C=O)cc3N(C)C)c2n1. The zero-order valence-corrected chi connectivity index (χ0v) is 21.4. The van der Waals surface area contributed by atoms with Gasteiger partial charge in [0.05, 0.1) is 30.3 Å². The lowest BCUT2D eigenvalue weighted by Crippen LogP contribution is -2.28. The van der Waals surface area contributed by atoms with Gasteiger partial charge in [-0.15, -0.1) is 0 Å². The highest BCUT2D eigenvalue weighted by Gasteiger charge is 2.20. The smallest absolute Gasteiger partial charge is 0.356 e. The van der Waals surface area contributed by atoms with E-state index in [0.29, 0.717) is 36.4 Å². The first-order valence-electron chi connectivity index (χ1n) is 11.4. The van der Waals surface area contributed by atoms with Crippen LogP contribution in [0.25, 0.3) is 5.65 Å². The Morgan fingerprint density at radius 1 is 1.25 bits per heavy atom. The molecule has 0 atom stereocenters. The lowest BCUT2D eigenvalue weighted by molar-refractivity contribution is 0.0589. The van der Waals surface area contributed by atoms with E-state index in [-0.39, 0.29) is 16.9 Å². The van der Waals surface area contributed by atoms with Crippen LogP contribution in [0, 0.1) is 0 Å². The summed E-state index contributed by atoms with van der Waals surface area (Å²) in [5.41, 5.74) is 2.03. The van der Waals surface area contributed by atoms with Crippen molar-refractivity contribution in [2.45, 2.75) is 32.4 Å². The van der Waals surface area contributed by atoms with Crippen LogP contribution >= 0.6 is 0 Å². The molecule has 0 aliphatic carbocycles. The second-order valence-electron chi connectivity index (χ2n) is 9.47. The summed E-state index contributed by atoms with van der Waals surface area (Å²) in [5.74, 6) is -1.09. The molecule has 2 aromatic heterocycles. The molecule has 1 aromatic carbocycles. The van der Waals surface area contributed by atoms with Crippen molar-refractivity contribution >= 4 is 35.2 Å². The quantitative estimate of drug-likeness (QED) is 0.321. The molecule has 11 heteroatoms. The molecule has 3 aromatic rings. The number of aromatic nitrogens is 3. The topological polar surface area (TPSA) is 129 Å². The summed E-state index contributed by atoms with van der Waals surface area (Å²) in [6, 6.07) is 4.96. The Labute approximate surface area is 209 Å². The van der Waals surface area contributed by atoms with E-state index in [1.54, 1.807) is 30.9 Å². The number of carbonyl (C=O) groups excluding carboxylic acids is 3. The maximum absolute atomic E-state index is 13.3. The fourth-order valence-electron chi connectivity index (χ4n) is 3.64. The third kappa shape index (κ3) is 6.23. The van der Waals surface area contributed by atoms with E-state index in [4.69, 9.17) is 4.74 Å². The number of amides is 1. The number of benzene rings is 1. The maximum atomic E-state index is 13.3. The molecule has 0 saturated carbocycles. The lowest BCUT2D eigenvalue weighted by atomic mass is 10.0. The number of aldehydes is 1. The number of hydrogen-bond acceptors (Lipinski definition) is 9. The minimum Gasteiger partial charge on any atom is -0.464 e. The third-order valence-corrected chi connectivity index (χ3v) is 5.67. The number of anilines is 2. The molecule has 0 aliphatic heterocycles. The van der Waals surface area contributed by atoms with Crippen molar-refractivity contribution in [2.75, 3.05) is 45.0 Å². The van der Waals surface area contributed by atoms with Gasteiger partial charge in [-0.1, -0.05) is 0 Å². The predicted molar refractivity (Wildman–Crippen MR) is 136 cm³/mol. The van der Waals surface area contributed by atoms with E-state index < -0.39 is 17.5 Å². The maximum Gasteiger partial charge on any atom is 0.356 e. The molecule has 0 bridgehead atoms. The van der Waals surface area contributed by atoms with Crippen LogP contribution in [-0.4, -0.2) is 83.2 Å². The standard InChI is InChI=1S/C25H32N6O5/c1-25(2,35)8-10-30(5)14-16-11-20(21(29(3)4)12-17(16)15-32)28-23(33)18-13-26-31-9-7-19(24(34)36-6)27-22(18)31/h7,9,11-13,15,35H,8,10,14H2,1-6H3,(H,28,33). The van der Waals surface area contributed by atoms with E-state index in [9.17, 15) is 19.5 Å². The van der Waals surface area contributed by atoms with Crippen molar-refractivity contribution in [1.82, 2.24) is 19.5 Å². The van der Waals surface area contributed by atoms with Gasteiger partial charge in [0.25, 0.3) is 5.91 Å². The largest absolute Gasteiger partial charge is 0.464 e. The molecular formula is C25H32N6O5. The fourth-order valence-corrected chi connectivity index (χ4v) is 3.64. The third-order valence-electron chi connectivity index (χ3n) is 5.67. The monoisotopic (exact) mass is 496 g/mol. The number of hydrogen-bond donors (Lipinski definition) is 2. The first kappa shape index (κ1) is 26.8. The van der Waals surface area contributed by atoms with Gasteiger partial charge in [-0.05, 0) is 51.1 Å². The molecule has 0 saturated heterocycles. The second-order valence-corrected chi connectivity index (χ2v) is 9.47. The van der Waals surface area contributed by atoms with Gasteiger partial charge in [0.15, 0.2) is 11.3 Å². The van der Waals surface area contributed by atoms with Crippen LogP contribution in [0.1, 0.15) is 57.0 Å². The van der Waals surface area contributed by atoms with Crippen molar-refractivity contribution in [3.63, 3.8) is 0 Å². The number of ether oxygens (including phenoxy) is 1. The van der Waals surface area contributed by atoms with Crippen LogP contribution in [0.15, 0.2) is 30.6 Å². The first-order chi connectivity index (χ1) is 16.9. The summed E-state index contributed by atoms with van der Waals surface area (Å²) in [7, 11) is 6.79. The van der Waals surface area contributed by atoms with Gasteiger partial charge in [0.1, 0.15) is 11.8 Å². The van der Waals surface area contributed by atoms with Crippen molar-refractivity contribution in [2.24, 2.45) is 0 Å². The molecule has 36 heavy (non-hydrogen) atoms. The number of nitrogens with one attached hydrogen (secondary N) is 1. The normalized spacial score (nSPS) is 11.6. The summed E-state index contributed by atoms with van der Waals surface area (Å²) in [6.07, 6.45) is 4.26. The minimum atomic E-state index is -0.800. The van der Waals surface area contributed by atoms with Gasteiger partial charge in [-0.3, -0.25) is 9.59 Å². The predicted octanol–water partition coefficient (Wildman–Crippen LogP) is 2.24. The minimum absolute atomic E-state index is 0.0558. The summed E-state index contributed by atoms with van der Waals surface area (Å²) >= 11 is 0. The number of rotatable bonds is 10. The molecule has 2 heterocycles. The van der Waals surface area contributed by atoms with Crippen LogP contribution in [0.5, 0.6) is 0 Å². The number of nitrogens with zero attached hydrogens (tertiary/aromatic N) is 5. The van der Waals surface area contributed by atoms with E-state index in [2.05, 4.69) is 15.4 Å². The van der Waals surface area contributed by atoms with Crippen LogP contribution in [0.3, 0.4) is 0 Å². The average Bonchev–Trinajstić information content (AvgIpc) is 3.25. The first-order valence-corrected chi connectivity index (χ1v) is 11.4. The van der Waals surface area contributed by atoms with Gasteiger partial charge in [0.2, 0.25) is 0 Å². The Bertz CT molecular complexity index is 1280. The van der Waals surface area contributed by atoms with E-state index in [0.717, 1.165) is 11.8 Å². The number of aliphatic hydroxyl groups is 1. The summed E-state index contributed by atoms with van der Waals surface area (Å²) in [4.78, 5) is 45.1. The Morgan fingerprint density at radius 2 is 1.97 bits per heavy atom. The van der Waals surface area contributed by atoms with Gasteiger partial charge < -0.3 is 25.0 Å². The number of esters is 1. The fraction of sp³-hybridized carbons (Fsp3) is 0.400. The Kier molecular flexibility index (Phi) is 8.06. The lowest BCUT2D eigenvalue weighted by Gasteiger charge is -2.25. The summed E-state index contributed by atoms with van der Waals surface area (Å²) in [6.45, 7) is 4.57. The Morgan fingerprint density at radius 3 is 2.58 bits per heavy atom. The molecular weight excluding hydrogens is 464 g/mol. The highest BCUT2D eigenvalue weighted by molar-refractivity contribution is 6.10. The molecule has 0 unspecified atom stereocenters. The molecule has 0 aliphatic rings. The van der Waals surface area contributed by atoms with E-state index in [1.165, 1.54) is 30.1 Å². The Hall–Kier alpha value is -3.83. The molecule has 0 fully saturated rings. The van der Waals surface area contributed by atoms with Gasteiger partial charge >= 0.3 is 5.97 Å². The van der Waals surface area contributed by atoms with Crippen molar-refractivity contribution in [3.05, 3.63) is 53.0 Å². The van der Waals surface area contributed by atoms with Crippen LogP contribution in [0.2, 0.25) is 0 Å². The summed E-state index contributed by atoms with van der Waals surface area (Å²) in [5, 5.41) is 17.1. The zero-order valence-electron chi connectivity index (χ0n) is 21.4. The van der Waals surface area contributed by atoms with E-state index >= 15 is 0 Å². The molecule has 2 N–H and O–H groups in total. The average molecular weight is 497 g/mol. The molecule has 11 nitrogen and oxygen atoms in total. The van der Waals surface area contributed by atoms with Gasteiger partial charge in [0, 0.05) is 38.9 Å². The number of carbonyl (C=O) groups is 3. The second kappa shape index (κ2) is 10.8. The number of methoxy groups -OCH3 is 1. The van der Waals surface area contributed by atoms with Gasteiger partial charge in [-0.2, -0.15) is 5.10 Å². The van der Waals surface area contributed by atoms with Crippen LogP contribution in [0.4, 0.5) is 11.4 Å². The van der Waals surface area contributed by atoms with Crippen LogP contribution in [-0.2, 0) is 11.3 Å². The van der Waals surface area contributed by atoms with Crippen molar-refractivity contribution < 1.29 is 24.2 Å². The van der Waals surface area contributed by atoms with Crippen molar-refractivity contribution in [3.8, 4) is 0 Å². The molecule has 3 rings (SSSR count). The van der Waals surface area contributed by atoms with Gasteiger partial charge in [-0.25, -0.2) is 14.3 Å². The summed E-state index contributed by atoms with van der Waals surface area (Å²) < 4.78 is 6.11. The molecule has 192 valence electrons. The molecule has 1 amide bonds.